The van der Waals surface area contributed by atoms with E-state index in [1.807, 2.05) is 55.4 Å². The van der Waals surface area contributed by atoms with Crippen molar-refractivity contribution in [1.82, 2.24) is 0 Å². The van der Waals surface area contributed by atoms with Crippen LogP contribution in [0.5, 0.6) is 23.0 Å². The molecule has 4 N–H and O–H groups in total. The number of halogens is 2. The Labute approximate surface area is 350 Å². The highest BCUT2D eigenvalue weighted by Gasteiger charge is 2.19. The van der Waals surface area contributed by atoms with Gasteiger partial charge in [-0.15, -0.1) is 0 Å². The number of carbonyl (C=O) groups excluding carboxylic acids is 3. The Morgan fingerprint density at radius 1 is 0.552 bits per heavy atom. The summed E-state index contributed by atoms with van der Waals surface area (Å²) >= 11 is 12.5. The Balaban J connectivity index is 0.000000479. The summed E-state index contributed by atoms with van der Waals surface area (Å²) in [6, 6.07) is 18.9. The average molecular weight is 846 g/mol. The van der Waals surface area contributed by atoms with Gasteiger partial charge in [-0.2, -0.15) is 0 Å². The molecule has 0 saturated heterocycles. The average Bonchev–Trinajstić information content (AvgIpc) is 3.14. The third-order valence-electron chi connectivity index (χ3n) is 6.87. The summed E-state index contributed by atoms with van der Waals surface area (Å²) in [4.78, 5) is 46.1. The van der Waals surface area contributed by atoms with Crippen molar-refractivity contribution in [2.75, 3.05) is 25.3 Å². The molecule has 1 amide bonds. The maximum Gasteiger partial charge on any atom is 0.337 e. The van der Waals surface area contributed by atoms with Crippen LogP contribution in [0.3, 0.4) is 0 Å². The second-order valence-electron chi connectivity index (χ2n) is 13.2. The minimum absolute atomic E-state index is 0. The Hall–Kier alpha value is -5.66. The van der Waals surface area contributed by atoms with E-state index >= 15 is 0 Å². The Bertz CT molecular complexity index is 1900. The summed E-state index contributed by atoms with van der Waals surface area (Å²) in [6.07, 6.45) is -0.431. The van der Waals surface area contributed by atoms with Crippen molar-refractivity contribution >= 4 is 58.4 Å². The van der Waals surface area contributed by atoms with Crippen LogP contribution in [0, 0.1) is 0 Å². The van der Waals surface area contributed by atoms with E-state index in [0.29, 0.717) is 61.1 Å². The number of nitrogens with one attached hydrogen (secondary N) is 1. The van der Waals surface area contributed by atoms with Crippen molar-refractivity contribution in [1.29, 1.82) is 0 Å². The van der Waals surface area contributed by atoms with Crippen LogP contribution in [0.15, 0.2) is 72.8 Å². The molecule has 0 spiro atoms. The Morgan fingerprint density at radius 2 is 0.862 bits per heavy atom. The summed E-state index contributed by atoms with van der Waals surface area (Å²) in [5.41, 5.74) is 7.93. The van der Waals surface area contributed by atoms with Gasteiger partial charge >= 0.3 is 17.9 Å². The van der Waals surface area contributed by atoms with E-state index in [0.717, 1.165) is 0 Å². The van der Waals surface area contributed by atoms with Crippen molar-refractivity contribution < 1.29 is 52.7 Å². The molecule has 0 heterocycles. The molecular formula is C43H54Cl2N2O11. The molecule has 0 aliphatic carbocycles. The summed E-state index contributed by atoms with van der Waals surface area (Å²) in [6.45, 7) is 14.8. The quantitative estimate of drug-likeness (QED) is 0.0857. The predicted molar refractivity (Wildman–Crippen MR) is 228 cm³/mol. The first-order valence-electron chi connectivity index (χ1n) is 17.8. The van der Waals surface area contributed by atoms with Crippen LogP contribution < -0.4 is 30.0 Å². The zero-order valence-corrected chi connectivity index (χ0v) is 35.1. The van der Waals surface area contributed by atoms with Crippen molar-refractivity contribution in [2.45, 2.75) is 87.2 Å². The van der Waals surface area contributed by atoms with Gasteiger partial charge in [0.2, 0.25) is 0 Å². The number of nitrogens with two attached hydrogens (primary N) is 1. The Kier molecular flexibility index (Phi) is 21.0. The third kappa shape index (κ3) is 16.4. The smallest absolute Gasteiger partial charge is 0.337 e. The lowest BCUT2D eigenvalue weighted by molar-refractivity contribution is 0.0592. The van der Waals surface area contributed by atoms with Gasteiger partial charge in [0.05, 0.1) is 55.3 Å². The first-order chi connectivity index (χ1) is 26.7. The molecule has 0 radical (unpaired) electrons. The van der Waals surface area contributed by atoms with Gasteiger partial charge < -0.3 is 44.6 Å². The SMILES string of the molecule is C.CC(C)Oc1cc(C(=O)O)cc(OC(C)C)c1Cl.COC(=O)c1ccc(N)cc1.COC(=O)c1ccc(NC(=O)c2cc(OC(C)C)c(Cl)c(OC(C)C)c2)cc1. The van der Waals surface area contributed by atoms with Gasteiger partial charge in [0.1, 0.15) is 33.0 Å². The number of rotatable bonds is 13. The molecule has 0 bridgehead atoms. The minimum Gasteiger partial charge on any atom is -0.489 e. The number of nitrogen functional groups attached to an aromatic ring is 1. The number of anilines is 2. The van der Waals surface area contributed by atoms with Crippen molar-refractivity contribution in [3.63, 3.8) is 0 Å². The fourth-order valence-electron chi connectivity index (χ4n) is 4.51. The standard InChI is InChI=1S/C21H24ClNO5.C13H17ClO4.C8H9NO2.CH4/c1-12(2)27-17-10-15(11-18(19(17)22)28-13(3)4)20(24)23-16-8-6-14(7-9-16)21(25)26-5;1-7(2)17-10-5-9(13(15)16)6-11(12(10)14)18-8(3)4;1-11-8(10)6-2-4-7(9)5-3-6;/h6-13H,1-5H3,(H,23,24);5-8H,1-4H3,(H,15,16);2-5H,9H2,1H3;1H4. The van der Waals surface area contributed by atoms with Crippen LogP contribution in [-0.2, 0) is 9.47 Å². The van der Waals surface area contributed by atoms with Crippen LogP contribution in [0.25, 0.3) is 0 Å². The number of aromatic carboxylic acids is 1. The summed E-state index contributed by atoms with van der Waals surface area (Å²) in [5.74, 6) is -0.795. The molecule has 0 atom stereocenters. The topological polar surface area (TPSA) is 182 Å². The monoisotopic (exact) mass is 844 g/mol. The number of carbonyl (C=O) groups is 4. The number of carboxylic acids is 1. The van der Waals surface area contributed by atoms with E-state index in [4.69, 9.17) is 53.0 Å². The lowest BCUT2D eigenvalue weighted by Gasteiger charge is -2.18. The van der Waals surface area contributed by atoms with E-state index < -0.39 is 11.9 Å². The lowest BCUT2D eigenvalue weighted by atomic mass is 10.1. The number of carboxylic acid groups (broad SMARTS) is 1. The normalized spacial score (nSPS) is 10.3. The van der Waals surface area contributed by atoms with Crippen LogP contribution in [0.2, 0.25) is 10.0 Å². The zero-order chi connectivity index (χ0) is 43.0. The van der Waals surface area contributed by atoms with Gasteiger partial charge in [0.15, 0.2) is 0 Å². The summed E-state index contributed by atoms with van der Waals surface area (Å²) in [7, 11) is 2.66. The molecule has 15 heteroatoms. The van der Waals surface area contributed by atoms with Crippen LogP contribution >= 0.6 is 23.2 Å². The highest BCUT2D eigenvalue weighted by Crippen LogP contribution is 2.38. The molecule has 0 fully saturated rings. The molecule has 4 aromatic rings. The predicted octanol–water partition coefficient (Wildman–Crippen LogP) is 10.3. The van der Waals surface area contributed by atoms with E-state index in [2.05, 4.69) is 14.8 Å². The van der Waals surface area contributed by atoms with Crippen molar-refractivity contribution in [2.24, 2.45) is 0 Å². The summed E-state index contributed by atoms with van der Waals surface area (Å²) in [5, 5.41) is 12.4. The van der Waals surface area contributed by atoms with Gasteiger partial charge in [0.25, 0.3) is 5.91 Å². The fraction of sp³-hybridized carbons (Fsp3) is 0.349. The number of methoxy groups -OCH3 is 2. The minimum atomic E-state index is -1.05. The molecule has 0 aromatic heterocycles. The van der Waals surface area contributed by atoms with Crippen LogP contribution in [0.1, 0.15) is 104 Å². The number of esters is 2. The zero-order valence-electron chi connectivity index (χ0n) is 33.6. The Morgan fingerprint density at radius 3 is 1.16 bits per heavy atom. The molecule has 0 aliphatic heterocycles. The van der Waals surface area contributed by atoms with Crippen molar-refractivity contribution in [3.8, 4) is 23.0 Å². The number of ether oxygens (including phenoxy) is 6. The molecule has 58 heavy (non-hydrogen) atoms. The first-order valence-corrected chi connectivity index (χ1v) is 18.5. The molecule has 4 aromatic carbocycles. The second-order valence-corrected chi connectivity index (χ2v) is 13.9. The maximum atomic E-state index is 12.7. The first kappa shape index (κ1) is 50.4. The molecule has 4 rings (SSSR count). The molecule has 316 valence electrons. The molecule has 0 aliphatic rings. The van der Waals surface area contributed by atoms with Gasteiger partial charge in [-0.1, -0.05) is 30.6 Å². The van der Waals surface area contributed by atoms with Crippen molar-refractivity contribution in [3.05, 3.63) is 105 Å². The van der Waals surface area contributed by atoms with E-state index in [1.165, 1.54) is 26.4 Å². The molecule has 13 nitrogen and oxygen atoms in total. The molecular weight excluding hydrogens is 791 g/mol. The van der Waals surface area contributed by atoms with E-state index in [9.17, 15) is 19.2 Å². The van der Waals surface area contributed by atoms with E-state index in [1.54, 1.807) is 60.7 Å². The van der Waals surface area contributed by atoms with Gasteiger partial charge in [-0.3, -0.25) is 4.79 Å². The van der Waals surface area contributed by atoms with Gasteiger partial charge in [0, 0.05) is 16.9 Å². The highest BCUT2D eigenvalue weighted by atomic mass is 35.5. The van der Waals surface area contributed by atoms with Gasteiger partial charge in [-0.25, -0.2) is 14.4 Å². The number of amides is 1. The van der Waals surface area contributed by atoms with Crippen LogP contribution in [-0.4, -0.2) is 67.6 Å². The fourth-order valence-corrected chi connectivity index (χ4v) is 4.90. The summed E-state index contributed by atoms with van der Waals surface area (Å²) < 4.78 is 31.6. The number of benzene rings is 4. The number of hydrogen-bond donors (Lipinski definition) is 3. The van der Waals surface area contributed by atoms with E-state index in [-0.39, 0.29) is 49.3 Å². The highest BCUT2D eigenvalue weighted by molar-refractivity contribution is 6.34. The number of hydrogen-bond acceptors (Lipinski definition) is 11. The lowest BCUT2D eigenvalue weighted by Crippen LogP contribution is -2.15. The largest absolute Gasteiger partial charge is 0.489 e. The van der Waals surface area contributed by atoms with Gasteiger partial charge in [-0.05, 0) is 128 Å². The molecule has 0 unspecified atom stereocenters. The molecule has 0 saturated carbocycles. The third-order valence-corrected chi connectivity index (χ3v) is 7.61. The maximum absolute atomic E-state index is 12.7. The van der Waals surface area contributed by atoms with Crippen LogP contribution in [0.4, 0.5) is 11.4 Å². The second kappa shape index (κ2) is 24.2.